The normalized spacial score (nSPS) is 11.3. The first kappa shape index (κ1) is 24.1. The molecule has 0 saturated heterocycles. The van der Waals surface area contributed by atoms with Crippen molar-refractivity contribution in [3.05, 3.63) is 88.4 Å². The minimum Gasteiger partial charge on any atom is -0.299 e. The van der Waals surface area contributed by atoms with Gasteiger partial charge in [0.25, 0.3) is 10.0 Å². The van der Waals surface area contributed by atoms with Gasteiger partial charge in [0.1, 0.15) is 11.6 Å². The van der Waals surface area contributed by atoms with E-state index in [-0.39, 0.29) is 4.90 Å². The van der Waals surface area contributed by atoms with E-state index in [0.29, 0.717) is 15.8 Å². The number of carbonyl (C=O) groups is 1. The zero-order valence-electron chi connectivity index (χ0n) is 18.4. The van der Waals surface area contributed by atoms with Gasteiger partial charge in [-0.1, -0.05) is 74.8 Å². The van der Waals surface area contributed by atoms with Crippen LogP contribution >= 0.6 is 27.3 Å². The van der Waals surface area contributed by atoms with Gasteiger partial charge in [-0.2, -0.15) is 0 Å². The predicted octanol–water partition coefficient (Wildman–Crippen LogP) is 5.42. The number of sulfonamides is 1. The number of carbonyl (C=O) groups excluding carboxylic acids is 1. The highest BCUT2D eigenvalue weighted by Crippen LogP contribution is 2.28. The third-order valence-electron chi connectivity index (χ3n) is 4.98. The zero-order valence-corrected chi connectivity index (χ0v) is 21.6. The number of hydrogen-bond acceptors (Lipinski definition) is 6. The van der Waals surface area contributed by atoms with Crippen molar-refractivity contribution in [2.45, 2.75) is 18.7 Å². The first-order chi connectivity index (χ1) is 16.2. The van der Waals surface area contributed by atoms with Gasteiger partial charge in [-0.25, -0.2) is 8.42 Å². The Hall–Kier alpha value is -3.08. The maximum Gasteiger partial charge on any atom is 0.264 e. The second-order valence-corrected chi connectivity index (χ2v) is 11.4. The van der Waals surface area contributed by atoms with Gasteiger partial charge < -0.3 is 0 Å². The fraction of sp³-hybridized carbons (Fsp3) is 0.125. The molecule has 3 aromatic carbocycles. The van der Waals surface area contributed by atoms with Gasteiger partial charge in [-0.15, -0.1) is 10.2 Å². The molecule has 0 aliphatic rings. The average Bonchev–Trinajstić information content (AvgIpc) is 3.27. The standard InChI is InChI=1S/C24H21BrN4O3S2/c1-16-3-7-18(8-4-16)23-27-28-24(33-23)26-22(30)15-29(20-11-9-19(25)10-12-20)34(31,32)21-13-5-17(2)6-14-21/h3-14H,15H2,1-2H3,(H,26,28,30). The fourth-order valence-electron chi connectivity index (χ4n) is 3.14. The van der Waals surface area contributed by atoms with Gasteiger partial charge in [0.15, 0.2) is 0 Å². The number of hydrogen-bond donors (Lipinski definition) is 1. The van der Waals surface area contributed by atoms with Crippen molar-refractivity contribution < 1.29 is 13.2 Å². The predicted molar refractivity (Wildman–Crippen MR) is 139 cm³/mol. The van der Waals surface area contributed by atoms with Gasteiger partial charge >= 0.3 is 0 Å². The third-order valence-corrected chi connectivity index (χ3v) is 8.19. The van der Waals surface area contributed by atoms with Crippen LogP contribution in [0, 0.1) is 13.8 Å². The van der Waals surface area contributed by atoms with Crippen LogP contribution in [0.3, 0.4) is 0 Å². The number of anilines is 2. The number of halogens is 1. The van der Waals surface area contributed by atoms with Gasteiger partial charge in [0.05, 0.1) is 10.6 Å². The number of nitrogens with one attached hydrogen (secondary N) is 1. The summed E-state index contributed by atoms with van der Waals surface area (Å²) in [6, 6.07) is 21.1. The highest BCUT2D eigenvalue weighted by atomic mass is 79.9. The summed E-state index contributed by atoms with van der Waals surface area (Å²) in [6.45, 7) is 3.46. The summed E-state index contributed by atoms with van der Waals surface area (Å²) < 4.78 is 28.8. The first-order valence-corrected chi connectivity index (χ1v) is 13.3. The van der Waals surface area contributed by atoms with Crippen LogP contribution in [-0.4, -0.2) is 31.1 Å². The van der Waals surface area contributed by atoms with E-state index in [9.17, 15) is 13.2 Å². The summed E-state index contributed by atoms with van der Waals surface area (Å²) in [5.74, 6) is -0.523. The number of amides is 1. The summed E-state index contributed by atoms with van der Waals surface area (Å²) >= 11 is 4.58. The van der Waals surface area contributed by atoms with Gasteiger partial charge in [-0.05, 0) is 50.2 Å². The van der Waals surface area contributed by atoms with Crippen molar-refractivity contribution in [2.24, 2.45) is 0 Å². The average molecular weight is 557 g/mol. The molecule has 0 atom stereocenters. The van der Waals surface area contributed by atoms with Gasteiger partial charge in [0.2, 0.25) is 11.0 Å². The molecule has 0 spiro atoms. The van der Waals surface area contributed by atoms with Crippen LogP contribution in [0.5, 0.6) is 0 Å². The van der Waals surface area contributed by atoms with Crippen LogP contribution in [0.1, 0.15) is 11.1 Å². The molecule has 4 aromatic rings. The number of aromatic nitrogens is 2. The summed E-state index contributed by atoms with van der Waals surface area (Å²) in [6.07, 6.45) is 0. The Kier molecular flexibility index (Phi) is 7.11. The lowest BCUT2D eigenvalue weighted by atomic mass is 10.2. The van der Waals surface area contributed by atoms with Crippen LogP contribution in [-0.2, 0) is 14.8 Å². The molecule has 0 bridgehead atoms. The molecule has 0 aliphatic heterocycles. The molecule has 0 unspecified atom stereocenters. The van der Waals surface area contributed by atoms with E-state index in [1.165, 1.54) is 23.5 Å². The number of benzene rings is 3. The molecule has 0 aliphatic carbocycles. The first-order valence-electron chi connectivity index (χ1n) is 10.3. The van der Waals surface area contributed by atoms with Crippen LogP contribution in [0.25, 0.3) is 10.6 Å². The van der Waals surface area contributed by atoms with E-state index < -0.39 is 22.5 Å². The largest absolute Gasteiger partial charge is 0.299 e. The molecule has 10 heteroatoms. The highest BCUT2D eigenvalue weighted by Gasteiger charge is 2.27. The topological polar surface area (TPSA) is 92.3 Å². The molecule has 1 heterocycles. The van der Waals surface area contributed by atoms with E-state index in [1.54, 1.807) is 36.4 Å². The van der Waals surface area contributed by atoms with E-state index in [0.717, 1.165) is 25.5 Å². The van der Waals surface area contributed by atoms with E-state index in [4.69, 9.17) is 0 Å². The van der Waals surface area contributed by atoms with Crippen LogP contribution in [0.2, 0.25) is 0 Å². The second kappa shape index (κ2) is 10.0. The Morgan fingerprint density at radius 3 is 2.12 bits per heavy atom. The molecule has 0 saturated carbocycles. The number of rotatable bonds is 7. The molecule has 0 fully saturated rings. The fourth-order valence-corrected chi connectivity index (χ4v) is 5.59. The minimum atomic E-state index is -3.99. The van der Waals surface area contributed by atoms with Crippen molar-refractivity contribution in [3.8, 4) is 10.6 Å². The maximum atomic E-state index is 13.4. The molecule has 1 aromatic heterocycles. The number of nitrogens with zero attached hydrogens (tertiary/aromatic N) is 3. The monoisotopic (exact) mass is 556 g/mol. The molecular weight excluding hydrogens is 536 g/mol. The van der Waals surface area contributed by atoms with Crippen molar-refractivity contribution in [3.63, 3.8) is 0 Å². The van der Waals surface area contributed by atoms with E-state index in [1.807, 2.05) is 38.1 Å². The van der Waals surface area contributed by atoms with Crippen LogP contribution in [0.15, 0.2) is 82.2 Å². The Balaban J connectivity index is 1.58. The zero-order chi connectivity index (χ0) is 24.3. The van der Waals surface area contributed by atoms with Crippen LogP contribution in [0.4, 0.5) is 10.8 Å². The van der Waals surface area contributed by atoms with Crippen molar-refractivity contribution in [1.82, 2.24) is 10.2 Å². The molecule has 1 N–H and O–H groups in total. The summed E-state index contributed by atoms with van der Waals surface area (Å²) in [5.41, 5.74) is 3.33. The molecule has 4 rings (SSSR count). The molecule has 7 nitrogen and oxygen atoms in total. The highest BCUT2D eigenvalue weighted by molar-refractivity contribution is 9.10. The molecule has 0 radical (unpaired) electrons. The summed E-state index contributed by atoms with van der Waals surface area (Å²) in [4.78, 5) is 13.0. The lowest BCUT2D eigenvalue weighted by molar-refractivity contribution is -0.114. The molecule has 34 heavy (non-hydrogen) atoms. The molecule has 1 amide bonds. The SMILES string of the molecule is Cc1ccc(-c2nnc(NC(=O)CN(c3ccc(Br)cc3)S(=O)(=O)c3ccc(C)cc3)s2)cc1. The Labute approximate surface area is 210 Å². The molecule has 174 valence electrons. The maximum absolute atomic E-state index is 13.4. The van der Waals surface area contributed by atoms with Crippen molar-refractivity contribution in [2.75, 3.05) is 16.2 Å². The van der Waals surface area contributed by atoms with E-state index >= 15 is 0 Å². The Bertz CT molecular complexity index is 1400. The second-order valence-electron chi connectivity index (χ2n) is 7.63. The Morgan fingerprint density at radius 1 is 0.912 bits per heavy atom. The Morgan fingerprint density at radius 2 is 1.50 bits per heavy atom. The van der Waals surface area contributed by atoms with Gasteiger partial charge in [-0.3, -0.25) is 14.4 Å². The summed E-state index contributed by atoms with van der Waals surface area (Å²) in [5, 5.41) is 11.8. The third kappa shape index (κ3) is 5.52. The lowest BCUT2D eigenvalue weighted by Crippen LogP contribution is -2.38. The summed E-state index contributed by atoms with van der Waals surface area (Å²) in [7, 11) is -3.99. The lowest BCUT2D eigenvalue weighted by Gasteiger charge is -2.24. The van der Waals surface area contributed by atoms with Crippen molar-refractivity contribution >= 4 is 54.0 Å². The van der Waals surface area contributed by atoms with Crippen molar-refractivity contribution in [1.29, 1.82) is 0 Å². The smallest absolute Gasteiger partial charge is 0.264 e. The van der Waals surface area contributed by atoms with Gasteiger partial charge in [0, 0.05) is 10.0 Å². The quantitative estimate of drug-likeness (QED) is 0.328. The minimum absolute atomic E-state index is 0.103. The van der Waals surface area contributed by atoms with Crippen LogP contribution < -0.4 is 9.62 Å². The molecular formula is C24H21BrN4O3S2. The van der Waals surface area contributed by atoms with E-state index in [2.05, 4.69) is 31.4 Å². The number of aryl methyl sites for hydroxylation is 2.